The third kappa shape index (κ3) is 4.52. The van der Waals surface area contributed by atoms with Crippen molar-refractivity contribution in [3.05, 3.63) is 57.6 Å². The van der Waals surface area contributed by atoms with Crippen molar-refractivity contribution in [3.8, 4) is 11.5 Å². The SMILES string of the molecule is COc1cc(CNc2nn[nH]n2)ccc1OCc1ccc(Cl)cc1Cl. The molecule has 0 aliphatic carbocycles. The summed E-state index contributed by atoms with van der Waals surface area (Å²) < 4.78 is 11.2. The Labute approximate surface area is 154 Å². The highest BCUT2D eigenvalue weighted by molar-refractivity contribution is 6.35. The van der Waals surface area contributed by atoms with Crippen LogP contribution in [0.1, 0.15) is 11.1 Å². The van der Waals surface area contributed by atoms with Gasteiger partial charge in [-0.3, -0.25) is 0 Å². The predicted molar refractivity (Wildman–Crippen MR) is 95.3 cm³/mol. The zero-order valence-electron chi connectivity index (χ0n) is 13.3. The maximum Gasteiger partial charge on any atom is 0.263 e. The Morgan fingerprint density at radius 2 is 2.00 bits per heavy atom. The van der Waals surface area contributed by atoms with Gasteiger partial charge in [-0.05, 0) is 35.0 Å². The summed E-state index contributed by atoms with van der Waals surface area (Å²) >= 11 is 12.1. The highest BCUT2D eigenvalue weighted by Gasteiger charge is 2.09. The Morgan fingerprint density at radius 3 is 2.72 bits per heavy atom. The monoisotopic (exact) mass is 379 g/mol. The number of hydrogen-bond donors (Lipinski definition) is 2. The van der Waals surface area contributed by atoms with Crippen LogP contribution in [0.2, 0.25) is 10.0 Å². The number of aromatic nitrogens is 4. The molecule has 0 saturated carbocycles. The highest BCUT2D eigenvalue weighted by atomic mass is 35.5. The molecule has 1 aromatic heterocycles. The fraction of sp³-hybridized carbons (Fsp3) is 0.188. The molecular weight excluding hydrogens is 365 g/mol. The zero-order valence-corrected chi connectivity index (χ0v) is 14.8. The number of halogens is 2. The number of benzene rings is 2. The van der Waals surface area contributed by atoms with Crippen molar-refractivity contribution in [1.82, 2.24) is 20.6 Å². The number of ether oxygens (including phenoxy) is 2. The highest BCUT2D eigenvalue weighted by Crippen LogP contribution is 2.30. The van der Waals surface area contributed by atoms with Gasteiger partial charge in [-0.2, -0.15) is 5.21 Å². The third-order valence-electron chi connectivity index (χ3n) is 3.42. The number of H-pyrrole nitrogens is 1. The first-order chi connectivity index (χ1) is 12.2. The summed E-state index contributed by atoms with van der Waals surface area (Å²) in [6.07, 6.45) is 0. The molecule has 7 nitrogen and oxygen atoms in total. The molecular formula is C16H15Cl2N5O2. The molecule has 0 aliphatic rings. The molecule has 2 aromatic carbocycles. The molecule has 0 saturated heterocycles. The van der Waals surface area contributed by atoms with Crippen LogP contribution in [0.15, 0.2) is 36.4 Å². The van der Waals surface area contributed by atoms with E-state index in [9.17, 15) is 0 Å². The van der Waals surface area contributed by atoms with E-state index in [-0.39, 0.29) is 0 Å². The van der Waals surface area contributed by atoms with E-state index in [0.717, 1.165) is 11.1 Å². The molecule has 0 unspecified atom stereocenters. The van der Waals surface area contributed by atoms with Crippen molar-refractivity contribution >= 4 is 29.2 Å². The maximum atomic E-state index is 6.16. The standard InChI is InChI=1S/C16H15Cl2N5O2/c1-24-15-6-10(8-19-16-20-22-23-21-16)2-5-14(15)25-9-11-3-4-12(17)7-13(11)18/h2-7H,8-9H2,1H3,(H2,19,20,21,22,23). The molecule has 2 N–H and O–H groups in total. The average molecular weight is 380 g/mol. The normalized spacial score (nSPS) is 10.5. The quantitative estimate of drug-likeness (QED) is 0.650. The van der Waals surface area contributed by atoms with Gasteiger partial charge in [-0.15, -0.1) is 5.10 Å². The van der Waals surface area contributed by atoms with Gasteiger partial charge in [0.15, 0.2) is 11.5 Å². The van der Waals surface area contributed by atoms with Gasteiger partial charge in [0.1, 0.15) is 6.61 Å². The van der Waals surface area contributed by atoms with Gasteiger partial charge >= 0.3 is 0 Å². The van der Waals surface area contributed by atoms with Crippen LogP contribution in [-0.2, 0) is 13.2 Å². The van der Waals surface area contributed by atoms with Crippen LogP contribution in [0.5, 0.6) is 11.5 Å². The average Bonchev–Trinajstić information content (AvgIpc) is 3.13. The molecule has 0 aliphatic heterocycles. The predicted octanol–water partition coefficient (Wildman–Crippen LogP) is 3.71. The molecule has 0 bridgehead atoms. The largest absolute Gasteiger partial charge is 0.493 e. The van der Waals surface area contributed by atoms with Crippen molar-refractivity contribution in [3.63, 3.8) is 0 Å². The summed E-state index contributed by atoms with van der Waals surface area (Å²) in [6, 6.07) is 10.9. The van der Waals surface area contributed by atoms with Gasteiger partial charge in [-0.1, -0.05) is 40.4 Å². The second-order valence-electron chi connectivity index (χ2n) is 5.10. The van der Waals surface area contributed by atoms with Crippen molar-refractivity contribution in [1.29, 1.82) is 0 Å². The van der Waals surface area contributed by atoms with E-state index in [0.29, 0.717) is 40.6 Å². The Morgan fingerprint density at radius 1 is 1.12 bits per heavy atom. The molecule has 25 heavy (non-hydrogen) atoms. The molecule has 130 valence electrons. The van der Waals surface area contributed by atoms with Crippen LogP contribution >= 0.6 is 23.2 Å². The summed E-state index contributed by atoms with van der Waals surface area (Å²) in [6.45, 7) is 0.839. The lowest BCUT2D eigenvalue weighted by atomic mass is 10.2. The topological polar surface area (TPSA) is 85.0 Å². The summed E-state index contributed by atoms with van der Waals surface area (Å²) in [5.74, 6) is 1.67. The minimum absolute atomic E-state index is 0.312. The Hall–Kier alpha value is -2.51. The molecule has 0 amide bonds. The maximum absolute atomic E-state index is 6.16. The van der Waals surface area contributed by atoms with Gasteiger partial charge in [0.05, 0.1) is 7.11 Å². The van der Waals surface area contributed by atoms with Gasteiger partial charge in [0, 0.05) is 22.2 Å². The Balaban J connectivity index is 1.66. The van der Waals surface area contributed by atoms with E-state index in [1.54, 1.807) is 19.2 Å². The third-order valence-corrected chi connectivity index (χ3v) is 4.01. The van der Waals surface area contributed by atoms with Crippen LogP contribution in [0, 0.1) is 0 Å². The lowest BCUT2D eigenvalue weighted by Crippen LogP contribution is -2.03. The number of anilines is 1. The van der Waals surface area contributed by atoms with E-state index >= 15 is 0 Å². The summed E-state index contributed by atoms with van der Waals surface area (Å²) in [5.41, 5.74) is 1.83. The molecule has 1 heterocycles. The molecule has 0 radical (unpaired) electrons. The van der Waals surface area contributed by atoms with Crippen LogP contribution in [0.4, 0.5) is 5.95 Å². The number of methoxy groups -OCH3 is 1. The smallest absolute Gasteiger partial charge is 0.263 e. The minimum atomic E-state index is 0.312. The number of nitrogens with zero attached hydrogens (tertiary/aromatic N) is 3. The molecule has 0 fully saturated rings. The number of aromatic amines is 1. The first kappa shape index (κ1) is 17.3. The van der Waals surface area contributed by atoms with Crippen molar-refractivity contribution in [2.75, 3.05) is 12.4 Å². The fourth-order valence-electron chi connectivity index (χ4n) is 2.15. The molecule has 0 atom stereocenters. The van der Waals surface area contributed by atoms with Gasteiger partial charge < -0.3 is 14.8 Å². The van der Waals surface area contributed by atoms with E-state index in [1.807, 2.05) is 24.3 Å². The molecule has 9 heteroatoms. The van der Waals surface area contributed by atoms with Crippen LogP contribution in [0.25, 0.3) is 0 Å². The van der Waals surface area contributed by atoms with Crippen LogP contribution in [0.3, 0.4) is 0 Å². The van der Waals surface area contributed by atoms with E-state index < -0.39 is 0 Å². The van der Waals surface area contributed by atoms with E-state index in [1.165, 1.54) is 0 Å². The second kappa shape index (κ2) is 8.04. The van der Waals surface area contributed by atoms with Crippen molar-refractivity contribution < 1.29 is 9.47 Å². The molecule has 3 rings (SSSR count). The fourth-order valence-corrected chi connectivity index (χ4v) is 2.62. The van der Waals surface area contributed by atoms with E-state index in [2.05, 4.69) is 25.9 Å². The molecule has 3 aromatic rings. The van der Waals surface area contributed by atoms with Gasteiger partial charge in [0.25, 0.3) is 5.95 Å². The number of nitrogens with one attached hydrogen (secondary N) is 2. The lowest BCUT2D eigenvalue weighted by molar-refractivity contribution is 0.284. The lowest BCUT2D eigenvalue weighted by Gasteiger charge is -2.13. The Kier molecular flexibility index (Phi) is 5.57. The Bertz CT molecular complexity index is 843. The van der Waals surface area contributed by atoms with Crippen molar-refractivity contribution in [2.24, 2.45) is 0 Å². The van der Waals surface area contributed by atoms with Crippen LogP contribution < -0.4 is 14.8 Å². The van der Waals surface area contributed by atoms with Crippen molar-refractivity contribution in [2.45, 2.75) is 13.2 Å². The van der Waals surface area contributed by atoms with Gasteiger partial charge in [0.2, 0.25) is 0 Å². The summed E-state index contributed by atoms with van der Waals surface area (Å²) in [4.78, 5) is 0. The summed E-state index contributed by atoms with van der Waals surface area (Å²) in [5, 5.41) is 17.7. The zero-order chi connectivity index (χ0) is 17.6. The first-order valence-corrected chi connectivity index (χ1v) is 8.12. The second-order valence-corrected chi connectivity index (χ2v) is 5.94. The summed E-state index contributed by atoms with van der Waals surface area (Å²) in [7, 11) is 1.59. The number of tetrazole rings is 1. The minimum Gasteiger partial charge on any atom is -0.493 e. The number of rotatable bonds is 7. The number of hydrogen-bond acceptors (Lipinski definition) is 6. The first-order valence-electron chi connectivity index (χ1n) is 7.36. The molecule has 0 spiro atoms. The van der Waals surface area contributed by atoms with Gasteiger partial charge in [-0.25, -0.2) is 0 Å². The van der Waals surface area contributed by atoms with E-state index in [4.69, 9.17) is 32.7 Å². The van der Waals surface area contributed by atoms with Crippen LogP contribution in [-0.4, -0.2) is 27.7 Å².